The highest BCUT2D eigenvalue weighted by Crippen LogP contribution is 2.24. The number of nitrogens with one attached hydrogen (secondary N) is 1. The standard InChI is InChI=1S/C16H29NO3/c1-4-12-16(2,15(19)20-3)17-14(18)13-10-8-6-5-7-9-11-13/h13H,4-12H2,1-3H3,(H,17,18). The monoisotopic (exact) mass is 283 g/mol. The van der Waals surface area contributed by atoms with E-state index in [4.69, 9.17) is 4.74 Å². The minimum atomic E-state index is -0.886. The minimum Gasteiger partial charge on any atom is -0.467 e. The molecule has 0 aromatic heterocycles. The van der Waals surface area contributed by atoms with Gasteiger partial charge < -0.3 is 10.1 Å². The highest BCUT2D eigenvalue weighted by molar-refractivity contribution is 5.88. The predicted molar refractivity (Wildman–Crippen MR) is 79.3 cm³/mol. The number of hydrogen-bond acceptors (Lipinski definition) is 3. The summed E-state index contributed by atoms with van der Waals surface area (Å²) in [5, 5.41) is 2.95. The molecule has 1 amide bonds. The molecule has 1 fully saturated rings. The average Bonchev–Trinajstić information content (AvgIpc) is 2.37. The Hall–Kier alpha value is -1.06. The Morgan fingerprint density at radius 1 is 1.15 bits per heavy atom. The fourth-order valence-electron chi connectivity index (χ4n) is 3.03. The summed E-state index contributed by atoms with van der Waals surface area (Å²) in [4.78, 5) is 24.4. The summed E-state index contributed by atoms with van der Waals surface area (Å²) < 4.78 is 4.85. The normalized spacial score (nSPS) is 20.4. The second kappa shape index (κ2) is 8.28. The fraction of sp³-hybridized carbons (Fsp3) is 0.875. The first-order valence-electron chi connectivity index (χ1n) is 7.94. The van der Waals surface area contributed by atoms with Crippen LogP contribution in [-0.4, -0.2) is 24.5 Å². The second-order valence-corrected chi connectivity index (χ2v) is 6.10. The highest BCUT2D eigenvalue weighted by Gasteiger charge is 2.36. The van der Waals surface area contributed by atoms with E-state index >= 15 is 0 Å². The van der Waals surface area contributed by atoms with E-state index in [1.807, 2.05) is 6.92 Å². The lowest BCUT2D eigenvalue weighted by atomic mass is 9.88. The lowest BCUT2D eigenvalue weighted by molar-refractivity contribution is -0.151. The molecule has 20 heavy (non-hydrogen) atoms. The van der Waals surface area contributed by atoms with Crippen LogP contribution in [0.25, 0.3) is 0 Å². The number of carbonyl (C=O) groups is 2. The van der Waals surface area contributed by atoms with Crippen molar-refractivity contribution >= 4 is 11.9 Å². The second-order valence-electron chi connectivity index (χ2n) is 6.10. The molecule has 0 aromatic rings. The van der Waals surface area contributed by atoms with Crippen molar-refractivity contribution in [3.8, 4) is 0 Å². The van der Waals surface area contributed by atoms with Crippen molar-refractivity contribution < 1.29 is 14.3 Å². The Morgan fingerprint density at radius 2 is 1.70 bits per heavy atom. The van der Waals surface area contributed by atoms with Crippen molar-refractivity contribution in [2.45, 2.75) is 77.2 Å². The third kappa shape index (κ3) is 4.80. The number of amides is 1. The Kier molecular flexibility index (Phi) is 7.03. The number of methoxy groups -OCH3 is 1. The summed E-state index contributed by atoms with van der Waals surface area (Å²) in [6.07, 6.45) is 9.25. The van der Waals surface area contributed by atoms with Crippen LogP contribution in [-0.2, 0) is 14.3 Å². The van der Waals surface area contributed by atoms with Gasteiger partial charge in [-0.2, -0.15) is 0 Å². The number of esters is 1. The Morgan fingerprint density at radius 3 is 2.20 bits per heavy atom. The maximum atomic E-state index is 12.5. The molecule has 4 nitrogen and oxygen atoms in total. The van der Waals surface area contributed by atoms with Crippen molar-refractivity contribution in [2.24, 2.45) is 5.92 Å². The number of hydrogen-bond donors (Lipinski definition) is 1. The van der Waals surface area contributed by atoms with Gasteiger partial charge >= 0.3 is 5.97 Å². The van der Waals surface area contributed by atoms with Crippen LogP contribution in [0.5, 0.6) is 0 Å². The molecule has 1 atom stereocenters. The molecular weight excluding hydrogens is 254 g/mol. The molecule has 0 heterocycles. The number of rotatable bonds is 5. The predicted octanol–water partition coefficient (Wildman–Crippen LogP) is 3.19. The van der Waals surface area contributed by atoms with Crippen LogP contribution >= 0.6 is 0 Å². The van der Waals surface area contributed by atoms with Gasteiger partial charge in [0.05, 0.1) is 7.11 Å². The quantitative estimate of drug-likeness (QED) is 0.788. The van der Waals surface area contributed by atoms with E-state index < -0.39 is 5.54 Å². The Bertz CT molecular complexity index is 322. The molecule has 0 spiro atoms. The van der Waals surface area contributed by atoms with Crippen LogP contribution < -0.4 is 5.32 Å². The van der Waals surface area contributed by atoms with Crippen LogP contribution in [0.1, 0.15) is 71.6 Å². The van der Waals surface area contributed by atoms with E-state index in [9.17, 15) is 9.59 Å². The number of ether oxygens (including phenoxy) is 1. The van der Waals surface area contributed by atoms with Gasteiger partial charge in [-0.1, -0.05) is 45.4 Å². The largest absolute Gasteiger partial charge is 0.467 e. The van der Waals surface area contributed by atoms with Gasteiger partial charge in [-0.05, 0) is 26.2 Å². The van der Waals surface area contributed by atoms with Crippen LogP contribution in [0, 0.1) is 5.92 Å². The minimum absolute atomic E-state index is 0.0215. The van der Waals surface area contributed by atoms with Crippen LogP contribution in [0.2, 0.25) is 0 Å². The zero-order valence-electron chi connectivity index (χ0n) is 13.2. The molecule has 0 aliphatic heterocycles. The number of carbonyl (C=O) groups excluding carboxylic acids is 2. The van der Waals surface area contributed by atoms with Crippen molar-refractivity contribution in [1.29, 1.82) is 0 Å². The molecule has 1 aliphatic carbocycles. The molecule has 0 radical (unpaired) electrons. The van der Waals surface area contributed by atoms with Gasteiger partial charge in [0, 0.05) is 5.92 Å². The van der Waals surface area contributed by atoms with Crippen LogP contribution in [0.3, 0.4) is 0 Å². The molecule has 0 saturated heterocycles. The topological polar surface area (TPSA) is 55.4 Å². The maximum absolute atomic E-state index is 12.5. The summed E-state index contributed by atoms with van der Waals surface area (Å²) in [6.45, 7) is 3.77. The SMILES string of the molecule is CCCC(C)(NC(=O)C1CCCCCCC1)C(=O)OC. The molecule has 1 aliphatic rings. The van der Waals surface area contributed by atoms with Crippen molar-refractivity contribution in [3.05, 3.63) is 0 Å². The van der Waals surface area contributed by atoms with Crippen molar-refractivity contribution in [1.82, 2.24) is 5.32 Å². The van der Waals surface area contributed by atoms with Gasteiger partial charge in [0.25, 0.3) is 0 Å². The first kappa shape index (κ1) is 17.0. The van der Waals surface area contributed by atoms with Gasteiger partial charge in [0.1, 0.15) is 5.54 Å². The summed E-state index contributed by atoms with van der Waals surface area (Å²) in [6, 6.07) is 0. The van der Waals surface area contributed by atoms with E-state index in [2.05, 4.69) is 5.32 Å². The zero-order valence-corrected chi connectivity index (χ0v) is 13.2. The summed E-state index contributed by atoms with van der Waals surface area (Å²) >= 11 is 0. The summed E-state index contributed by atoms with van der Waals surface area (Å²) in [5.41, 5.74) is -0.886. The zero-order chi connectivity index (χ0) is 15.0. The Balaban J connectivity index is 2.66. The van der Waals surface area contributed by atoms with Crippen LogP contribution in [0.4, 0.5) is 0 Å². The third-order valence-electron chi connectivity index (χ3n) is 4.26. The fourth-order valence-corrected chi connectivity index (χ4v) is 3.03. The van der Waals surface area contributed by atoms with Gasteiger partial charge in [-0.15, -0.1) is 0 Å². The lowest BCUT2D eigenvalue weighted by Gasteiger charge is -2.30. The van der Waals surface area contributed by atoms with E-state index in [1.54, 1.807) is 6.92 Å². The lowest BCUT2D eigenvalue weighted by Crippen LogP contribution is -2.54. The molecule has 0 aromatic carbocycles. The molecule has 1 unspecified atom stereocenters. The smallest absolute Gasteiger partial charge is 0.331 e. The first-order chi connectivity index (χ1) is 9.53. The van der Waals surface area contributed by atoms with E-state index in [0.29, 0.717) is 6.42 Å². The average molecular weight is 283 g/mol. The summed E-state index contributed by atoms with van der Waals surface area (Å²) in [5.74, 6) is -0.275. The van der Waals surface area contributed by atoms with Gasteiger partial charge in [-0.3, -0.25) is 4.79 Å². The van der Waals surface area contributed by atoms with Crippen molar-refractivity contribution in [2.75, 3.05) is 7.11 Å². The van der Waals surface area contributed by atoms with E-state index in [1.165, 1.54) is 26.4 Å². The third-order valence-corrected chi connectivity index (χ3v) is 4.26. The maximum Gasteiger partial charge on any atom is 0.331 e. The molecule has 0 bridgehead atoms. The summed E-state index contributed by atoms with van der Waals surface area (Å²) in [7, 11) is 1.37. The molecule has 4 heteroatoms. The molecule has 1 rings (SSSR count). The molecule has 1 N–H and O–H groups in total. The molecule has 116 valence electrons. The first-order valence-corrected chi connectivity index (χ1v) is 7.94. The highest BCUT2D eigenvalue weighted by atomic mass is 16.5. The van der Waals surface area contributed by atoms with Gasteiger partial charge in [-0.25, -0.2) is 4.79 Å². The Labute approximate surface area is 122 Å². The van der Waals surface area contributed by atoms with Crippen LogP contribution in [0.15, 0.2) is 0 Å². The van der Waals surface area contributed by atoms with E-state index in [0.717, 1.165) is 32.1 Å². The van der Waals surface area contributed by atoms with Crippen molar-refractivity contribution in [3.63, 3.8) is 0 Å². The molecular formula is C16H29NO3. The molecule has 1 saturated carbocycles. The van der Waals surface area contributed by atoms with Gasteiger partial charge in [0.15, 0.2) is 0 Å². The van der Waals surface area contributed by atoms with Gasteiger partial charge in [0.2, 0.25) is 5.91 Å². The van der Waals surface area contributed by atoms with E-state index in [-0.39, 0.29) is 17.8 Å².